The first kappa shape index (κ1) is 17.8. The molecule has 0 aliphatic carbocycles. The van der Waals surface area contributed by atoms with E-state index in [9.17, 15) is 4.79 Å². The second-order valence-electron chi connectivity index (χ2n) is 6.86. The van der Waals surface area contributed by atoms with Crippen LogP contribution in [0.2, 0.25) is 0 Å². The van der Waals surface area contributed by atoms with Crippen molar-refractivity contribution < 1.29 is 0 Å². The van der Waals surface area contributed by atoms with Crippen LogP contribution < -0.4 is 5.56 Å². The lowest BCUT2D eigenvalue weighted by atomic mass is 10.1. The summed E-state index contributed by atoms with van der Waals surface area (Å²) in [5, 5.41) is 10.2. The van der Waals surface area contributed by atoms with Gasteiger partial charge in [-0.3, -0.25) is 9.48 Å². The van der Waals surface area contributed by atoms with Crippen molar-refractivity contribution >= 4 is 26.8 Å². The van der Waals surface area contributed by atoms with E-state index in [0.717, 1.165) is 32.3 Å². The summed E-state index contributed by atoms with van der Waals surface area (Å²) >= 11 is 3.36. The molecule has 0 saturated carbocycles. The van der Waals surface area contributed by atoms with Gasteiger partial charge in [-0.15, -0.1) is 0 Å². The molecule has 0 fully saturated rings. The molecule has 2 aliphatic rings. The molecule has 0 amide bonds. The van der Waals surface area contributed by atoms with Crippen LogP contribution in [0, 0.1) is 6.92 Å². The zero-order valence-corrected chi connectivity index (χ0v) is 17.2. The third-order valence-electron chi connectivity index (χ3n) is 4.94. The van der Waals surface area contributed by atoms with Gasteiger partial charge in [0.1, 0.15) is 10.3 Å². The number of fused-ring (bicyclic) bond motifs is 3. The Bertz CT molecular complexity index is 1370. The van der Waals surface area contributed by atoms with Gasteiger partial charge in [0, 0.05) is 11.6 Å². The normalized spacial score (nSPS) is 11.4. The number of rotatable bonds is 3. The molecule has 1 aromatic heterocycles. The molecule has 0 unspecified atom stereocenters. The molecule has 2 aliphatic heterocycles. The zero-order valence-electron chi connectivity index (χ0n) is 15.6. The molecule has 3 aromatic rings. The van der Waals surface area contributed by atoms with Crippen molar-refractivity contribution in [3.8, 4) is 17.1 Å². The summed E-state index contributed by atoms with van der Waals surface area (Å²) in [6.07, 6.45) is 1.80. The average Bonchev–Trinajstić information content (AvgIpc) is 3.07. The Morgan fingerprint density at radius 2 is 1.72 bits per heavy atom. The number of hydrogen-bond acceptors (Lipinski definition) is 4. The largest absolute Gasteiger partial charge is 0.301 e. The summed E-state index contributed by atoms with van der Waals surface area (Å²) in [4.78, 5) is 17.5. The lowest BCUT2D eigenvalue weighted by Crippen LogP contribution is -2.18. The number of para-hydroxylation sites is 2. The summed E-state index contributed by atoms with van der Waals surface area (Å²) in [5.41, 5.74) is 4.41. The van der Waals surface area contributed by atoms with Crippen LogP contribution in [0.1, 0.15) is 11.1 Å². The van der Waals surface area contributed by atoms with E-state index >= 15 is 0 Å². The fourth-order valence-electron chi connectivity index (χ4n) is 3.50. The van der Waals surface area contributed by atoms with Crippen molar-refractivity contribution in [3.63, 3.8) is 0 Å². The van der Waals surface area contributed by atoms with Crippen LogP contribution in [-0.4, -0.2) is 24.5 Å². The highest BCUT2D eigenvalue weighted by molar-refractivity contribution is 9.10. The van der Waals surface area contributed by atoms with E-state index in [1.807, 2.05) is 72.3 Å². The molecule has 0 spiro atoms. The van der Waals surface area contributed by atoms with Gasteiger partial charge in [0.05, 0.1) is 17.7 Å². The van der Waals surface area contributed by atoms with E-state index in [1.165, 1.54) is 4.68 Å². The maximum Gasteiger partial charge on any atom is 0.301 e. The van der Waals surface area contributed by atoms with Gasteiger partial charge < -0.3 is 0 Å². The van der Waals surface area contributed by atoms with Crippen LogP contribution in [0.3, 0.4) is 0 Å². The van der Waals surface area contributed by atoms with E-state index in [4.69, 9.17) is 0 Å². The number of benzene rings is 2. The Hall–Kier alpha value is -3.32. The highest BCUT2D eigenvalue weighted by Crippen LogP contribution is 2.26. The molecular weight excluding hydrogens is 430 g/mol. The first-order valence-electron chi connectivity index (χ1n) is 9.17. The monoisotopic (exact) mass is 445 g/mol. The quantitative estimate of drug-likeness (QED) is 0.390. The van der Waals surface area contributed by atoms with Crippen LogP contribution >= 0.6 is 15.9 Å². The third kappa shape index (κ3) is 3.03. The molecule has 0 atom stereocenters. The van der Waals surface area contributed by atoms with E-state index in [-0.39, 0.29) is 5.56 Å². The smallest absolute Gasteiger partial charge is 0.265 e. The minimum Gasteiger partial charge on any atom is -0.265 e. The standard InChI is InChI=1S/C22H16BrN5O/c1-14-6-2-4-8-17(14)28-22(29)21-20(26-28)16-7-3-5-9-18(16)27(25-21)13-15-10-11-19(23)24-12-15/h2-12H,13H2,1H3. The Kier molecular flexibility index (Phi) is 4.24. The van der Waals surface area contributed by atoms with Crippen molar-refractivity contribution in [1.82, 2.24) is 24.5 Å². The lowest BCUT2D eigenvalue weighted by Gasteiger charge is -2.12. The highest BCUT2D eigenvalue weighted by atomic mass is 79.9. The van der Waals surface area contributed by atoms with Gasteiger partial charge >= 0.3 is 5.56 Å². The molecule has 5 rings (SSSR count). The summed E-state index contributed by atoms with van der Waals surface area (Å²) in [7, 11) is 0. The van der Waals surface area contributed by atoms with Crippen LogP contribution in [0.15, 0.2) is 76.3 Å². The Balaban J connectivity index is 1.76. The van der Waals surface area contributed by atoms with E-state index in [0.29, 0.717) is 17.9 Å². The summed E-state index contributed by atoms with van der Waals surface area (Å²) in [5.74, 6) is 0. The molecule has 0 N–H and O–H groups in total. The predicted molar refractivity (Wildman–Crippen MR) is 116 cm³/mol. The second kappa shape index (κ2) is 6.93. The Labute approximate surface area is 174 Å². The number of pyridine rings is 1. The topological polar surface area (TPSA) is 65.6 Å². The summed E-state index contributed by atoms with van der Waals surface area (Å²) in [6.45, 7) is 2.47. The molecule has 7 heteroatoms. The number of aromatic nitrogens is 5. The molecule has 0 bridgehead atoms. The molecule has 29 heavy (non-hydrogen) atoms. The predicted octanol–water partition coefficient (Wildman–Crippen LogP) is 4.20. The highest BCUT2D eigenvalue weighted by Gasteiger charge is 2.23. The number of nitrogens with zero attached hydrogens (tertiary/aromatic N) is 5. The van der Waals surface area contributed by atoms with Crippen molar-refractivity contribution in [1.29, 1.82) is 0 Å². The fourth-order valence-corrected chi connectivity index (χ4v) is 3.73. The maximum atomic E-state index is 13.2. The molecule has 0 radical (unpaired) electrons. The second-order valence-corrected chi connectivity index (χ2v) is 7.68. The number of halogens is 1. The number of aryl methyl sites for hydroxylation is 1. The minimum atomic E-state index is -0.220. The van der Waals surface area contributed by atoms with E-state index < -0.39 is 0 Å². The van der Waals surface area contributed by atoms with Crippen molar-refractivity contribution in [2.24, 2.45) is 0 Å². The third-order valence-corrected chi connectivity index (χ3v) is 5.41. The van der Waals surface area contributed by atoms with Crippen molar-refractivity contribution in [3.05, 3.63) is 92.9 Å². The molecular formula is C22H16BrN5O. The zero-order chi connectivity index (χ0) is 20.0. The van der Waals surface area contributed by atoms with E-state index in [1.54, 1.807) is 6.20 Å². The van der Waals surface area contributed by atoms with Gasteiger partial charge in [-0.25, -0.2) is 4.98 Å². The molecule has 0 saturated heterocycles. The first-order valence-corrected chi connectivity index (χ1v) is 9.96. The van der Waals surface area contributed by atoms with Crippen molar-refractivity contribution in [2.45, 2.75) is 13.5 Å². The van der Waals surface area contributed by atoms with Gasteiger partial charge in [-0.1, -0.05) is 42.5 Å². The van der Waals surface area contributed by atoms with Gasteiger partial charge in [-0.05, 0) is 52.2 Å². The molecule has 2 aromatic carbocycles. The molecule has 142 valence electrons. The maximum absolute atomic E-state index is 13.2. The lowest BCUT2D eigenvalue weighted by molar-refractivity contribution is 0.697. The van der Waals surface area contributed by atoms with Crippen LogP contribution in [0.5, 0.6) is 0 Å². The summed E-state index contributed by atoms with van der Waals surface area (Å²) < 4.78 is 4.07. The molecule has 3 heterocycles. The summed E-state index contributed by atoms with van der Waals surface area (Å²) in [6, 6.07) is 19.5. The van der Waals surface area contributed by atoms with Gasteiger partial charge in [-0.2, -0.15) is 14.9 Å². The van der Waals surface area contributed by atoms with E-state index in [2.05, 4.69) is 31.1 Å². The van der Waals surface area contributed by atoms with Crippen LogP contribution in [-0.2, 0) is 6.54 Å². The van der Waals surface area contributed by atoms with Gasteiger partial charge in [0.2, 0.25) is 0 Å². The fraction of sp³-hybridized carbons (Fsp3) is 0.0909. The van der Waals surface area contributed by atoms with Crippen LogP contribution in [0.25, 0.3) is 28.0 Å². The van der Waals surface area contributed by atoms with Gasteiger partial charge in [0.25, 0.3) is 0 Å². The van der Waals surface area contributed by atoms with Crippen LogP contribution in [0.4, 0.5) is 0 Å². The van der Waals surface area contributed by atoms with Gasteiger partial charge in [0.15, 0.2) is 5.69 Å². The Morgan fingerprint density at radius 3 is 2.52 bits per heavy atom. The minimum absolute atomic E-state index is 0.220. The number of hydrogen-bond donors (Lipinski definition) is 0. The van der Waals surface area contributed by atoms with Crippen molar-refractivity contribution in [2.75, 3.05) is 0 Å². The Morgan fingerprint density at radius 1 is 0.931 bits per heavy atom. The average molecular weight is 446 g/mol. The first-order chi connectivity index (χ1) is 14.1. The molecule has 6 nitrogen and oxygen atoms in total. The SMILES string of the molecule is Cc1ccccc1-n1nc2c3ccccc3n(Cc3ccc(Br)nc3)nc-2c1=O.